The molecular formula is C20H24N4O2S. The summed E-state index contributed by atoms with van der Waals surface area (Å²) in [5, 5.41) is 0. The number of pyridine rings is 1. The van der Waals surface area contributed by atoms with E-state index in [1.807, 2.05) is 45.0 Å². The van der Waals surface area contributed by atoms with Crippen LogP contribution in [0, 0.1) is 20.8 Å². The first-order valence-corrected chi connectivity index (χ1v) is 10.7. The predicted molar refractivity (Wildman–Crippen MR) is 105 cm³/mol. The van der Waals surface area contributed by atoms with Crippen molar-refractivity contribution in [2.24, 2.45) is 0 Å². The van der Waals surface area contributed by atoms with Gasteiger partial charge in [0.1, 0.15) is 11.3 Å². The highest BCUT2D eigenvalue weighted by Gasteiger charge is 2.32. The number of sulfonamides is 1. The molecule has 0 unspecified atom stereocenters. The summed E-state index contributed by atoms with van der Waals surface area (Å²) < 4.78 is 30.0. The molecule has 7 heteroatoms. The summed E-state index contributed by atoms with van der Waals surface area (Å²) in [5.74, 6) is 0.930. The van der Waals surface area contributed by atoms with Crippen molar-refractivity contribution in [1.29, 1.82) is 0 Å². The molecule has 0 amide bonds. The molecule has 1 aromatic carbocycles. The van der Waals surface area contributed by atoms with Crippen LogP contribution in [0.4, 0.5) is 0 Å². The normalized spacial score (nSPS) is 16.9. The maximum Gasteiger partial charge on any atom is 0.243 e. The van der Waals surface area contributed by atoms with Crippen molar-refractivity contribution in [3.8, 4) is 0 Å². The van der Waals surface area contributed by atoms with E-state index in [0.717, 1.165) is 41.0 Å². The van der Waals surface area contributed by atoms with Gasteiger partial charge in [0.15, 0.2) is 5.65 Å². The van der Waals surface area contributed by atoms with Gasteiger partial charge in [0, 0.05) is 25.3 Å². The second-order valence-corrected chi connectivity index (χ2v) is 9.19. The summed E-state index contributed by atoms with van der Waals surface area (Å²) in [4.78, 5) is 9.50. The Kier molecular flexibility index (Phi) is 4.52. The fourth-order valence-corrected chi connectivity index (χ4v) is 5.72. The number of aromatic nitrogens is 3. The van der Waals surface area contributed by atoms with Crippen molar-refractivity contribution < 1.29 is 8.42 Å². The Morgan fingerprint density at radius 1 is 1.07 bits per heavy atom. The number of benzene rings is 1. The lowest BCUT2D eigenvalue weighted by Gasteiger charge is -2.32. The molecule has 0 bridgehead atoms. The molecule has 1 aliphatic heterocycles. The summed E-state index contributed by atoms with van der Waals surface area (Å²) in [6.45, 7) is 6.77. The number of rotatable bonds is 3. The van der Waals surface area contributed by atoms with Gasteiger partial charge in [0.05, 0.1) is 4.90 Å². The van der Waals surface area contributed by atoms with Crippen molar-refractivity contribution in [2.75, 3.05) is 13.1 Å². The minimum atomic E-state index is -3.47. The second-order valence-electron chi connectivity index (χ2n) is 7.28. The van der Waals surface area contributed by atoms with E-state index in [1.165, 1.54) is 0 Å². The Balaban J connectivity index is 1.58. The molecule has 0 atom stereocenters. The van der Waals surface area contributed by atoms with Crippen molar-refractivity contribution >= 4 is 21.2 Å². The van der Waals surface area contributed by atoms with Gasteiger partial charge in [-0.2, -0.15) is 4.31 Å². The summed E-state index contributed by atoms with van der Waals surface area (Å²) in [5.41, 5.74) is 3.52. The zero-order valence-electron chi connectivity index (χ0n) is 15.9. The van der Waals surface area contributed by atoms with Gasteiger partial charge in [-0.15, -0.1) is 0 Å². The zero-order valence-corrected chi connectivity index (χ0v) is 16.7. The molecule has 142 valence electrons. The monoisotopic (exact) mass is 384 g/mol. The molecule has 3 heterocycles. The summed E-state index contributed by atoms with van der Waals surface area (Å²) >= 11 is 0. The first kappa shape index (κ1) is 18.1. The highest BCUT2D eigenvalue weighted by molar-refractivity contribution is 7.89. The fraction of sp³-hybridized carbons (Fsp3) is 0.400. The first-order chi connectivity index (χ1) is 12.9. The Bertz CT molecular complexity index is 1100. The van der Waals surface area contributed by atoms with Gasteiger partial charge in [0.2, 0.25) is 10.0 Å². The lowest BCUT2D eigenvalue weighted by atomic mass is 10.1. The third-order valence-corrected chi connectivity index (χ3v) is 7.42. The summed E-state index contributed by atoms with van der Waals surface area (Å²) in [6, 6.07) is 9.66. The lowest BCUT2D eigenvalue weighted by Crippen LogP contribution is -2.39. The molecule has 0 saturated carbocycles. The van der Waals surface area contributed by atoms with E-state index in [-0.39, 0.29) is 6.04 Å². The van der Waals surface area contributed by atoms with Gasteiger partial charge < -0.3 is 4.57 Å². The van der Waals surface area contributed by atoms with Crippen LogP contribution in [0.3, 0.4) is 0 Å². The van der Waals surface area contributed by atoms with Crippen LogP contribution in [-0.4, -0.2) is 40.3 Å². The number of nitrogens with zero attached hydrogens (tertiary/aromatic N) is 4. The molecule has 0 aliphatic carbocycles. The smallest absolute Gasteiger partial charge is 0.243 e. The Morgan fingerprint density at radius 2 is 1.81 bits per heavy atom. The average Bonchev–Trinajstić information content (AvgIpc) is 2.99. The van der Waals surface area contributed by atoms with Gasteiger partial charge >= 0.3 is 0 Å². The number of hydrogen-bond donors (Lipinski definition) is 0. The van der Waals surface area contributed by atoms with Gasteiger partial charge in [0.25, 0.3) is 0 Å². The summed E-state index contributed by atoms with van der Waals surface area (Å²) in [6.07, 6.45) is 3.29. The molecule has 6 nitrogen and oxygen atoms in total. The molecule has 1 saturated heterocycles. The van der Waals surface area contributed by atoms with Crippen LogP contribution >= 0.6 is 0 Å². The van der Waals surface area contributed by atoms with E-state index in [4.69, 9.17) is 0 Å². The minimum absolute atomic E-state index is 0.218. The lowest BCUT2D eigenvalue weighted by molar-refractivity contribution is 0.274. The first-order valence-electron chi connectivity index (χ1n) is 9.25. The maximum absolute atomic E-state index is 13.1. The molecule has 0 spiro atoms. The summed E-state index contributed by atoms with van der Waals surface area (Å²) in [7, 11) is -3.47. The Morgan fingerprint density at radius 3 is 2.56 bits per heavy atom. The van der Waals surface area contributed by atoms with Crippen LogP contribution in [0.1, 0.15) is 35.8 Å². The number of aryl methyl sites for hydroxylation is 3. The number of imidazole rings is 1. The number of fused-ring (bicyclic) bond motifs is 1. The van der Waals surface area contributed by atoms with Crippen LogP contribution in [0.15, 0.2) is 41.4 Å². The zero-order chi connectivity index (χ0) is 19.2. The van der Waals surface area contributed by atoms with Crippen LogP contribution in [0.2, 0.25) is 0 Å². The quantitative estimate of drug-likeness (QED) is 0.694. The largest absolute Gasteiger partial charge is 0.310 e. The predicted octanol–water partition coefficient (Wildman–Crippen LogP) is 3.38. The van der Waals surface area contributed by atoms with Crippen LogP contribution in [0.25, 0.3) is 11.2 Å². The molecule has 27 heavy (non-hydrogen) atoms. The van der Waals surface area contributed by atoms with Crippen LogP contribution in [0.5, 0.6) is 0 Å². The van der Waals surface area contributed by atoms with E-state index in [2.05, 4.69) is 14.5 Å². The number of piperidine rings is 1. The third-order valence-electron chi connectivity index (χ3n) is 5.38. The van der Waals surface area contributed by atoms with Crippen LogP contribution in [-0.2, 0) is 10.0 Å². The van der Waals surface area contributed by atoms with E-state index in [0.29, 0.717) is 18.0 Å². The highest BCUT2D eigenvalue weighted by atomic mass is 32.2. The average molecular weight is 385 g/mol. The van der Waals surface area contributed by atoms with E-state index in [9.17, 15) is 8.42 Å². The van der Waals surface area contributed by atoms with Crippen molar-refractivity contribution in [1.82, 2.24) is 18.8 Å². The third kappa shape index (κ3) is 3.15. The van der Waals surface area contributed by atoms with Gasteiger partial charge in [-0.1, -0.05) is 12.1 Å². The fourth-order valence-electron chi connectivity index (χ4n) is 3.94. The van der Waals surface area contributed by atoms with Crippen LogP contribution < -0.4 is 0 Å². The number of hydrogen-bond acceptors (Lipinski definition) is 4. The molecule has 3 aromatic rings. The highest BCUT2D eigenvalue weighted by Crippen LogP contribution is 2.31. The van der Waals surface area contributed by atoms with Gasteiger partial charge in [-0.3, -0.25) is 0 Å². The molecule has 1 fully saturated rings. The minimum Gasteiger partial charge on any atom is -0.310 e. The van der Waals surface area contributed by atoms with Crippen molar-refractivity contribution in [3.05, 3.63) is 53.5 Å². The van der Waals surface area contributed by atoms with E-state index < -0.39 is 10.0 Å². The molecule has 0 N–H and O–H groups in total. The van der Waals surface area contributed by atoms with E-state index >= 15 is 0 Å². The molecule has 1 aliphatic rings. The second kappa shape index (κ2) is 6.73. The molecule has 0 radical (unpaired) electrons. The Labute approximate surface area is 159 Å². The van der Waals surface area contributed by atoms with Crippen molar-refractivity contribution in [3.63, 3.8) is 0 Å². The maximum atomic E-state index is 13.1. The molecule has 2 aromatic heterocycles. The SMILES string of the molecule is Cc1ccc(C)c(S(=O)(=O)N2CCC(n3c(C)nc4cccnc43)CC2)c1. The molecular weight excluding hydrogens is 360 g/mol. The van der Waals surface area contributed by atoms with Gasteiger partial charge in [-0.05, 0) is 62.9 Å². The standard InChI is InChI=1S/C20H24N4O2S/c1-14-6-7-15(2)19(13-14)27(25,26)23-11-8-17(9-12-23)24-16(3)22-18-5-4-10-21-20(18)24/h4-7,10,13,17H,8-9,11-12H2,1-3H3. The molecule has 4 rings (SSSR count). The van der Waals surface area contributed by atoms with Crippen molar-refractivity contribution in [2.45, 2.75) is 44.6 Å². The Hall–Kier alpha value is -2.25. The van der Waals surface area contributed by atoms with Gasteiger partial charge in [-0.25, -0.2) is 18.4 Å². The van der Waals surface area contributed by atoms with E-state index in [1.54, 1.807) is 16.6 Å². The topological polar surface area (TPSA) is 68.1 Å².